The number of anilines is 1. The van der Waals surface area contributed by atoms with Gasteiger partial charge in [-0.3, -0.25) is 14.5 Å². The highest BCUT2D eigenvalue weighted by atomic mass is 35.5. The van der Waals surface area contributed by atoms with Crippen molar-refractivity contribution in [3.05, 3.63) is 87.9 Å². The van der Waals surface area contributed by atoms with Gasteiger partial charge in [0.1, 0.15) is 6.54 Å². The first-order valence-electron chi connectivity index (χ1n) is 9.50. The van der Waals surface area contributed by atoms with E-state index in [1.165, 1.54) is 6.07 Å². The lowest BCUT2D eigenvalue weighted by Crippen LogP contribution is -2.44. The zero-order valence-corrected chi connectivity index (χ0v) is 17.5. The Bertz CT molecular complexity index is 1230. The quantitative estimate of drug-likeness (QED) is 0.578. The summed E-state index contributed by atoms with van der Waals surface area (Å²) in [4.78, 5) is 40.0. The van der Waals surface area contributed by atoms with Crippen molar-refractivity contribution >= 4 is 46.7 Å². The minimum Gasteiger partial charge on any atom is -0.323 e. The van der Waals surface area contributed by atoms with Crippen LogP contribution in [0.25, 0.3) is 11.1 Å². The van der Waals surface area contributed by atoms with E-state index in [1.807, 2.05) is 48.5 Å². The zero-order chi connectivity index (χ0) is 21.8. The van der Waals surface area contributed by atoms with Crippen LogP contribution in [0.5, 0.6) is 0 Å². The number of rotatable bonds is 3. The van der Waals surface area contributed by atoms with E-state index >= 15 is 0 Å². The summed E-state index contributed by atoms with van der Waals surface area (Å²) in [5, 5.41) is 6.15. The summed E-state index contributed by atoms with van der Waals surface area (Å²) < 4.78 is 0. The van der Waals surface area contributed by atoms with Crippen LogP contribution in [0.3, 0.4) is 0 Å². The fourth-order valence-corrected chi connectivity index (χ4v) is 4.70. The Labute approximate surface area is 187 Å². The van der Waals surface area contributed by atoms with E-state index in [9.17, 15) is 14.4 Å². The maximum absolute atomic E-state index is 13.6. The van der Waals surface area contributed by atoms with Crippen molar-refractivity contribution in [2.75, 3.05) is 11.9 Å². The van der Waals surface area contributed by atoms with Crippen LogP contribution in [0.4, 0.5) is 10.5 Å². The summed E-state index contributed by atoms with van der Waals surface area (Å²) in [6, 6.07) is 18.9. The Morgan fingerprint density at radius 1 is 0.935 bits per heavy atom. The first-order chi connectivity index (χ1) is 14.9. The molecule has 0 unspecified atom stereocenters. The fraction of sp³-hybridized carbons (Fsp3) is 0.0870. The van der Waals surface area contributed by atoms with E-state index in [-0.39, 0.29) is 5.02 Å². The fourth-order valence-electron chi connectivity index (χ4n) is 4.24. The molecule has 1 heterocycles. The second-order valence-electron chi connectivity index (χ2n) is 7.33. The van der Waals surface area contributed by atoms with Crippen LogP contribution >= 0.6 is 23.2 Å². The molecule has 3 aromatic carbocycles. The minimum atomic E-state index is -1.34. The van der Waals surface area contributed by atoms with Crippen molar-refractivity contribution in [3.63, 3.8) is 0 Å². The summed E-state index contributed by atoms with van der Waals surface area (Å²) in [5.41, 5.74) is 2.14. The van der Waals surface area contributed by atoms with Crippen molar-refractivity contribution in [3.8, 4) is 11.1 Å². The van der Waals surface area contributed by atoms with Crippen LogP contribution in [0.2, 0.25) is 10.0 Å². The van der Waals surface area contributed by atoms with Crippen molar-refractivity contribution in [1.82, 2.24) is 10.2 Å². The number of carbonyl (C=O) groups is 3. The Kier molecular flexibility index (Phi) is 4.50. The third-order valence-corrected chi connectivity index (χ3v) is 6.11. The lowest BCUT2D eigenvalue weighted by atomic mass is 9.87. The molecule has 0 saturated carbocycles. The van der Waals surface area contributed by atoms with Gasteiger partial charge in [-0.2, -0.15) is 0 Å². The molecule has 1 fully saturated rings. The molecule has 1 aliphatic heterocycles. The molecule has 0 radical (unpaired) electrons. The molecule has 1 aliphatic carbocycles. The van der Waals surface area contributed by atoms with Crippen molar-refractivity contribution in [2.24, 2.45) is 0 Å². The van der Waals surface area contributed by atoms with Crippen molar-refractivity contribution < 1.29 is 14.4 Å². The Morgan fingerprint density at radius 3 is 2.16 bits per heavy atom. The predicted octanol–water partition coefficient (Wildman–Crippen LogP) is 4.41. The average Bonchev–Trinajstić information content (AvgIpc) is 3.18. The summed E-state index contributed by atoms with van der Waals surface area (Å²) in [6.07, 6.45) is 0. The van der Waals surface area contributed by atoms with E-state index in [1.54, 1.807) is 12.1 Å². The number of amides is 4. The van der Waals surface area contributed by atoms with Crippen LogP contribution in [0.1, 0.15) is 11.1 Å². The van der Waals surface area contributed by atoms with Gasteiger partial charge in [-0.1, -0.05) is 71.7 Å². The first kappa shape index (κ1) is 19.6. The summed E-state index contributed by atoms with van der Waals surface area (Å²) in [7, 11) is 0. The zero-order valence-electron chi connectivity index (χ0n) is 16.0. The second-order valence-corrected chi connectivity index (χ2v) is 8.18. The van der Waals surface area contributed by atoms with Gasteiger partial charge in [0.15, 0.2) is 5.54 Å². The molecule has 1 spiro atoms. The lowest BCUT2D eigenvalue weighted by molar-refractivity contribution is -0.132. The third kappa shape index (κ3) is 2.91. The number of carbonyl (C=O) groups excluding carboxylic acids is 3. The number of nitrogens with one attached hydrogen (secondary N) is 2. The summed E-state index contributed by atoms with van der Waals surface area (Å²) in [6.45, 7) is -0.449. The molecule has 0 bridgehead atoms. The highest BCUT2D eigenvalue weighted by Crippen LogP contribution is 2.49. The number of hydrogen-bond acceptors (Lipinski definition) is 3. The minimum absolute atomic E-state index is 0.258. The van der Waals surface area contributed by atoms with Crippen molar-refractivity contribution in [1.29, 1.82) is 0 Å². The molecule has 0 aromatic heterocycles. The second kappa shape index (κ2) is 7.11. The van der Waals surface area contributed by atoms with E-state index < -0.39 is 29.9 Å². The van der Waals surface area contributed by atoms with Gasteiger partial charge in [0.25, 0.3) is 5.91 Å². The molecule has 3 aromatic rings. The van der Waals surface area contributed by atoms with E-state index in [0.717, 1.165) is 16.0 Å². The van der Waals surface area contributed by atoms with Gasteiger partial charge in [0, 0.05) is 5.02 Å². The molecular formula is C23H15Cl2N3O3. The average molecular weight is 452 g/mol. The van der Waals surface area contributed by atoms with Gasteiger partial charge in [-0.05, 0) is 40.5 Å². The van der Waals surface area contributed by atoms with Crippen LogP contribution in [-0.2, 0) is 15.1 Å². The Balaban J connectivity index is 1.47. The molecule has 2 aliphatic rings. The SMILES string of the molecule is O=C(CN1C(=O)NC2(C1=O)c1ccccc1-c1ccccc12)Nc1ccc(Cl)cc1Cl. The van der Waals surface area contributed by atoms with Crippen LogP contribution < -0.4 is 10.6 Å². The summed E-state index contributed by atoms with van der Waals surface area (Å²) >= 11 is 12.0. The van der Waals surface area contributed by atoms with Crippen LogP contribution in [0, 0.1) is 0 Å². The maximum atomic E-state index is 13.6. The molecule has 0 atom stereocenters. The van der Waals surface area contributed by atoms with E-state index in [4.69, 9.17) is 23.2 Å². The standard InChI is InChI=1S/C23H15Cl2N3O3/c24-13-9-10-19(18(25)11-13)26-20(29)12-28-21(30)23(27-22(28)31)16-7-3-1-5-14(16)15-6-2-4-8-17(15)23/h1-11H,12H2,(H,26,29)(H,27,31). The molecule has 154 valence electrons. The van der Waals surface area contributed by atoms with Crippen molar-refractivity contribution in [2.45, 2.75) is 5.54 Å². The largest absolute Gasteiger partial charge is 0.326 e. The number of urea groups is 1. The van der Waals surface area contributed by atoms with Gasteiger partial charge < -0.3 is 10.6 Å². The highest BCUT2D eigenvalue weighted by molar-refractivity contribution is 6.36. The highest BCUT2D eigenvalue weighted by Gasteiger charge is 2.58. The number of nitrogens with zero attached hydrogens (tertiary/aromatic N) is 1. The van der Waals surface area contributed by atoms with Gasteiger partial charge in [-0.25, -0.2) is 4.79 Å². The first-order valence-corrected chi connectivity index (χ1v) is 10.3. The van der Waals surface area contributed by atoms with Gasteiger partial charge in [0.2, 0.25) is 5.91 Å². The number of imide groups is 1. The topological polar surface area (TPSA) is 78.5 Å². The Morgan fingerprint density at radius 2 is 1.55 bits per heavy atom. The molecule has 8 heteroatoms. The molecule has 31 heavy (non-hydrogen) atoms. The van der Waals surface area contributed by atoms with Gasteiger partial charge >= 0.3 is 6.03 Å². The Hall–Kier alpha value is -3.35. The van der Waals surface area contributed by atoms with E-state index in [0.29, 0.717) is 21.8 Å². The number of halogens is 2. The molecule has 1 saturated heterocycles. The monoisotopic (exact) mass is 451 g/mol. The molecular weight excluding hydrogens is 437 g/mol. The molecule has 6 nitrogen and oxygen atoms in total. The number of benzene rings is 3. The number of fused-ring (bicyclic) bond motifs is 5. The van der Waals surface area contributed by atoms with E-state index in [2.05, 4.69) is 10.6 Å². The normalized spacial score (nSPS) is 15.6. The predicted molar refractivity (Wildman–Crippen MR) is 118 cm³/mol. The maximum Gasteiger partial charge on any atom is 0.326 e. The smallest absolute Gasteiger partial charge is 0.323 e. The third-order valence-electron chi connectivity index (χ3n) is 5.56. The van der Waals surface area contributed by atoms with Gasteiger partial charge in [0.05, 0.1) is 10.7 Å². The van der Waals surface area contributed by atoms with Gasteiger partial charge in [-0.15, -0.1) is 0 Å². The molecule has 2 N–H and O–H groups in total. The van der Waals surface area contributed by atoms with Crippen LogP contribution in [0.15, 0.2) is 66.7 Å². The van der Waals surface area contributed by atoms with Crippen LogP contribution in [-0.4, -0.2) is 29.3 Å². The summed E-state index contributed by atoms with van der Waals surface area (Å²) in [5.74, 6) is -1.04. The number of hydrogen-bond donors (Lipinski definition) is 2. The lowest BCUT2D eigenvalue weighted by Gasteiger charge is -2.24. The molecule has 4 amide bonds. The molecule has 5 rings (SSSR count).